The molecular formula is C16H21NO5. The molecule has 2 rings (SSSR count). The predicted molar refractivity (Wildman–Crippen MR) is 80.0 cm³/mol. The third kappa shape index (κ3) is 3.69. The Morgan fingerprint density at radius 1 is 1.32 bits per heavy atom. The molecule has 120 valence electrons. The number of carboxylic acids is 1. The Bertz CT molecular complexity index is 545. The second kappa shape index (κ2) is 7.15. The fourth-order valence-corrected chi connectivity index (χ4v) is 2.71. The minimum atomic E-state index is -0.787. The van der Waals surface area contributed by atoms with E-state index in [1.807, 2.05) is 19.1 Å². The third-order valence-electron chi connectivity index (χ3n) is 4.00. The number of carboxylic acid groups (broad SMARTS) is 1. The highest BCUT2D eigenvalue weighted by Crippen LogP contribution is 2.26. The van der Waals surface area contributed by atoms with E-state index in [-0.39, 0.29) is 24.3 Å². The van der Waals surface area contributed by atoms with Crippen LogP contribution in [-0.2, 0) is 9.59 Å². The van der Waals surface area contributed by atoms with Crippen LogP contribution < -0.4 is 9.47 Å². The maximum absolute atomic E-state index is 12.2. The number of benzene rings is 1. The zero-order valence-corrected chi connectivity index (χ0v) is 12.8. The summed E-state index contributed by atoms with van der Waals surface area (Å²) < 4.78 is 10.7. The van der Waals surface area contributed by atoms with Gasteiger partial charge in [-0.1, -0.05) is 19.1 Å². The van der Waals surface area contributed by atoms with Crippen LogP contribution in [0.25, 0.3) is 0 Å². The van der Waals surface area contributed by atoms with Gasteiger partial charge >= 0.3 is 5.97 Å². The largest absolute Gasteiger partial charge is 0.493 e. The first kappa shape index (κ1) is 16.1. The van der Waals surface area contributed by atoms with E-state index in [0.717, 1.165) is 0 Å². The lowest BCUT2D eigenvalue weighted by Crippen LogP contribution is -2.46. The van der Waals surface area contributed by atoms with Crippen molar-refractivity contribution >= 4 is 11.9 Å². The molecule has 1 aromatic rings. The van der Waals surface area contributed by atoms with Crippen molar-refractivity contribution in [2.45, 2.75) is 13.3 Å². The van der Waals surface area contributed by atoms with E-state index in [2.05, 4.69) is 0 Å². The molecule has 0 radical (unpaired) electrons. The highest BCUT2D eigenvalue weighted by molar-refractivity contribution is 5.78. The molecule has 0 aromatic heterocycles. The fourth-order valence-electron chi connectivity index (χ4n) is 2.71. The van der Waals surface area contributed by atoms with Gasteiger partial charge in [-0.2, -0.15) is 0 Å². The molecule has 0 spiro atoms. The first-order valence-electron chi connectivity index (χ1n) is 7.29. The lowest BCUT2D eigenvalue weighted by molar-refractivity contribution is -0.148. The quantitative estimate of drug-likeness (QED) is 0.895. The van der Waals surface area contributed by atoms with Gasteiger partial charge in [-0.05, 0) is 24.5 Å². The normalized spacial score (nSPS) is 21.3. The molecular weight excluding hydrogens is 286 g/mol. The summed E-state index contributed by atoms with van der Waals surface area (Å²) in [5.74, 6) is -0.257. The third-order valence-corrected chi connectivity index (χ3v) is 4.00. The summed E-state index contributed by atoms with van der Waals surface area (Å²) >= 11 is 0. The van der Waals surface area contributed by atoms with E-state index in [1.165, 1.54) is 0 Å². The molecule has 1 fully saturated rings. The van der Waals surface area contributed by atoms with Gasteiger partial charge in [-0.15, -0.1) is 0 Å². The molecule has 1 aliphatic heterocycles. The predicted octanol–water partition coefficient (Wildman–Crippen LogP) is 1.64. The molecule has 1 amide bonds. The van der Waals surface area contributed by atoms with Crippen molar-refractivity contribution in [3.63, 3.8) is 0 Å². The average Bonchev–Trinajstić information content (AvgIpc) is 2.52. The maximum atomic E-state index is 12.2. The van der Waals surface area contributed by atoms with Gasteiger partial charge in [0.2, 0.25) is 0 Å². The zero-order valence-electron chi connectivity index (χ0n) is 12.8. The Morgan fingerprint density at radius 3 is 2.59 bits per heavy atom. The second-order valence-electron chi connectivity index (χ2n) is 5.49. The number of piperidine rings is 1. The van der Waals surface area contributed by atoms with Gasteiger partial charge < -0.3 is 19.5 Å². The van der Waals surface area contributed by atoms with Crippen LogP contribution in [0.15, 0.2) is 24.3 Å². The summed E-state index contributed by atoms with van der Waals surface area (Å²) in [5.41, 5.74) is 0. The summed E-state index contributed by atoms with van der Waals surface area (Å²) in [6.45, 7) is 2.69. The van der Waals surface area contributed by atoms with Crippen LogP contribution in [0.5, 0.6) is 11.5 Å². The first-order chi connectivity index (χ1) is 10.5. The first-order valence-corrected chi connectivity index (χ1v) is 7.29. The molecule has 0 bridgehead atoms. The van der Waals surface area contributed by atoms with Gasteiger partial charge in [0.1, 0.15) is 0 Å². The summed E-state index contributed by atoms with van der Waals surface area (Å²) in [5, 5.41) is 9.10. The smallest absolute Gasteiger partial charge is 0.306 e. The van der Waals surface area contributed by atoms with Crippen molar-refractivity contribution in [2.24, 2.45) is 11.8 Å². The van der Waals surface area contributed by atoms with Gasteiger partial charge in [-0.3, -0.25) is 9.59 Å². The minimum Gasteiger partial charge on any atom is -0.493 e. The van der Waals surface area contributed by atoms with Crippen LogP contribution in [-0.4, -0.2) is 48.7 Å². The van der Waals surface area contributed by atoms with Crippen molar-refractivity contribution in [1.82, 2.24) is 4.90 Å². The van der Waals surface area contributed by atoms with E-state index in [4.69, 9.17) is 14.6 Å². The number of hydrogen-bond donors (Lipinski definition) is 1. The van der Waals surface area contributed by atoms with Crippen LogP contribution >= 0.6 is 0 Å². The fraction of sp³-hybridized carbons (Fsp3) is 0.500. The molecule has 1 aliphatic rings. The van der Waals surface area contributed by atoms with Gasteiger partial charge in [0.05, 0.1) is 13.0 Å². The lowest BCUT2D eigenvalue weighted by Gasteiger charge is -2.34. The molecule has 6 heteroatoms. The number of para-hydroxylation sites is 2. The standard InChI is InChI=1S/C16H21NO5/c1-11-9-17(8-7-12(11)16(19)20)15(18)10-22-14-6-4-3-5-13(14)21-2/h3-6,11-12H,7-10H2,1-2H3,(H,19,20). The van der Waals surface area contributed by atoms with Crippen LogP contribution in [0, 0.1) is 11.8 Å². The monoisotopic (exact) mass is 307 g/mol. The van der Waals surface area contributed by atoms with Gasteiger partial charge in [0.15, 0.2) is 18.1 Å². The molecule has 2 atom stereocenters. The number of rotatable bonds is 5. The van der Waals surface area contributed by atoms with Crippen molar-refractivity contribution in [1.29, 1.82) is 0 Å². The molecule has 1 N–H and O–H groups in total. The highest BCUT2D eigenvalue weighted by atomic mass is 16.5. The Hall–Kier alpha value is -2.24. The SMILES string of the molecule is COc1ccccc1OCC(=O)N1CCC(C(=O)O)C(C)C1. The molecule has 0 saturated carbocycles. The number of likely N-dealkylation sites (tertiary alicyclic amines) is 1. The second-order valence-corrected chi connectivity index (χ2v) is 5.49. The molecule has 1 heterocycles. The Morgan fingerprint density at radius 2 is 2.00 bits per heavy atom. The van der Waals surface area contributed by atoms with Crippen molar-refractivity contribution < 1.29 is 24.2 Å². The Balaban J connectivity index is 1.89. The van der Waals surface area contributed by atoms with Gasteiger partial charge in [0, 0.05) is 13.1 Å². The van der Waals surface area contributed by atoms with Crippen molar-refractivity contribution in [3.05, 3.63) is 24.3 Å². The Kier molecular flexibility index (Phi) is 5.25. The number of carbonyl (C=O) groups excluding carboxylic acids is 1. The maximum Gasteiger partial charge on any atom is 0.306 e. The van der Waals surface area contributed by atoms with E-state index >= 15 is 0 Å². The van der Waals surface area contributed by atoms with Gasteiger partial charge in [-0.25, -0.2) is 0 Å². The number of methoxy groups -OCH3 is 1. The summed E-state index contributed by atoms with van der Waals surface area (Å²) in [6.07, 6.45) is 0.483. The van der Waals surface area contributed by atoms with E-state index in [0.29, 0.717) is 31.0 Å². The molecule has 0 aliphatic carbocycles. The van der Waals surface area contributed by atoms with E-state index in [1.54, 1.807) is 24.1 Å². The molecule has 1 aromatic carbocycles. The van der Waals surface area contributed by atoms with Crippen LogP contribution in [0.4, 0.5) is 0 Å². The molecule has 22 heavy (non-hydrogen) atoms. The average molecular weight is 307 g/mol. The number of ether oxygens (including phenoxy) is 2. The van der Waals surface area contributed by atoms with E-state index < -0.39 is 5.97 Å². The zero-order chi connectivity index (χ0) is 16.1. The van der Waals surface area contributed by atoms with Gasteiger partial charge in [0.25, 0.3) is 5.91 Å². The summed E-state index contributed by atoms with van der Waals surface area (Å²) in [6, 6.07) is 7.14. The van der Waals surface area contributed by atoms with Crippen molar-refractivity contribution in [3.8, 4) is 11.5 Å². The lowest BCUT2D eigenvalue weighted by atomic mass is 9.87. The minimum absolute atomic E-state index is 0.0542. The number of nitrogens with zero attached hydrogens (tertiary/aromatic N) is 1. The summed E-state index contributed by atoms with van der Waals surface area (Å²) in [4.78, 5) is 25.0. The number of aliphatic carboxylic acids is 1. The van der Waals surface area contributed by atoms with E-state index in [9.17, 15) is 9.59 Å². The van der Waals surface area contributed by atoms with Crippen LogP contribution in [0.1, 0.15) is 13.3 Å². The summed E-state index contributed by atoms with van der Waals surface area (Å²) in [7, 11) is 1.54. The van der Waals surface area contributed by atoms with Crippen LogP contribution in [0.2, 0.25) is 0 Å². The molecule has 6 nitrogen and oxygen atoms in total. The molecule has 1 saturated heterocycles. The number of amides is 1. The number of hydrogen-bond acceptors (Lipinski definition) is 4. The topological polar surface area (TPSA) is 76.1 Å². The molecule has 2 unspecified atom stereocenters. The Labute approximate surface area is 129 Å². The van der Waals surface area contributed by atoms with Crippen LogP contribution in [0.3, 0.4) is 0 Å². The number of carbonyl (C=O) groups is 2. The van der Waals surface area contributed by atoms with Crippen molar-refractivity contribution in [2.75, 3.05) is 26.8 Å². The highest BCUT2D eigenvalue weighted by Gasteiger charge is 2.33.